The summed E-state index contributed by atoms with van der Waals surface area (Å²) in [6, 6.07) is 6.67. The summed E-state index contributed by atoms with van der Waals surface area (Å²) < 4.78 is 3.69. The van der Waals surface area contributed by atoms with Crippen molar-refractivity contribution in [2.45, 2.75) is 25.7 Å². The minimum Gasteiger partial charge on any atom is -0.309 e. The Kier molecular flexibility index (Phi) is 3.57. The molecule has 0 saturated carbocycles. The fourth-order valence-electron chi connectivity index (χ4n) is 4.30. The van der Waals surface area contributed by atoms with Crippen LogP contribution in [0.25, 0.3) is 37.6 Å². The molecule has 0 fully saturated rings. The number of thiophene rings is 1. The summed E-state index contributed by atoms with van der Waals surface area (Å²) in [5, 5.41) is 3.97. The number of pyridine rings is 1. The molecule has 5 rings (SSSR count). The summed E-state index contributed by atoms with van der Waals surface area (Å²) >= 11 is 1.98. The molecule has 0 bridgehead atoms. The van der Waals surface area contributed by atoms with E-state index in [1.54, 1.807) is 10.4 Å². The van der Waals surface area contributed by atoms with Gasteiger partial charge in [0.1, 0.15) is 0 Å². The molecular formula is C23H20N2S. The summed E-state index contributed by atoms with van der Waals surface area (Å²) in [7, 11) is 0. The lowest BCUT2D eigenvalue weighted by Gasteiger charge is -2.10. The van der Waals surface area contributed by atoms with E-state index in [4.69, 9.17) is 0 Å². The maximum absolute atomic E-state index is 4.42. The van der Waals surface area contributed by atoms with Gasteiger partial charge in [0.05, 0.1) is 11.0 Å². The molecule has 128 valence electrons. The van der Waals surface area contributed by atoms with Gasteiger partial charge in [-0.15, -0.1) is 11.3 Å². The lowest BCUT2D eigenvalue weighted by atomic mass is 9.96. The number of benzene rings is 1. The van der Waals surface area contributed by atoms with Crippen molar-refractivity contribution in [2.75, 3.05) is 0 Å². The van der Waals surface area contributed by atoms with Gasteiger partial charge in [0.25, 0.3) is 0 Å². The monoisotopic (exact) mass is 356 g/mol. The number of aryl methyl sites for hydroxylation is 2. The van der Waals surface area contributed by atoms with Crippen LogP contribution in [0.15, 0.2) is 62.0 Å². The third kappa shape index (κ3) is 2.07. The Bertz CT molecular complexity index is 1220. The van der Waals surface area contributed by atoms with Gasteiger partial charge < -0.3 is 4.57 Å². The Balaban J connectivity index is 1.99. The number of nitrogens with zero attached hydrogens (tertiary/aromatic N) is 2. The van der Waals surface area contributed by atoms with Gasteiger partial charge >= 0.3 is 0 Å². The molecule has 1 aliphatic rings. The highest BCUT2D eigenvalue weighted by atomic mass is 32.1. The summed E-state index contributed by atoms with van der Waals surface area (Å²) in [5.74, 6) is 0. The Hall–Kier alpha value is -2.65. The number of fused-ring (bicyclic) bond motifs is 7. The molecule has 0 atom stereocenters. The SMILES string of the molecule is C=C/C=C(\C=C)n1c2ccncc2c2c3sc4c(c3ccc21)CCCC4. The van der Waals surface area contributed by atoms with Crippen LogP contribution < -0.4 is 0 Å². The van der Waals surface area contributed by atoms with Gasteiger partial charge in [-0.05, 0) is 60.9 Å². The van der Waals surface area contributed by atoms with Crippen LogP contribution in [0.4, 0.5) is 0 Å². The number of hydrogen-bond donors (Lipinski definition) is 0. The Morgan fingerprint density at radius 2 is 1.96 bits per heavy atom. The Morgan fingerprint density at radius 3 is 2.81 bits per heavy atom. The zero-order valence-corrected chi connectivity index (χ0v) is 15.5. The molecular weight excluding hydrogens is 336 g/mol. The minimum atomic E-state index is 1.03. The summed E-state index contributed by atoms with van der Waals surface area (Å²) in [6.07, 6.45) is 14.6. The molecule has 0 spiro atoms. The van der Waals surface area contributed by atoms with E-state index in [1.807, 2.05) is 42.0 Å². The molecule has 1 aliphatic carbocycles. The molecule has 26 heavy (non-hydrogen) atoms. The van der Waals surface area contributed by atoms with E-state index in [1.165, 1.54) is 57.6 Å². The fourth-order valence-corrected chi connectivity index (χ4v) is 5.74. The van der Waals surface area contributed by atoms with E-state index in [9.17, 15) is 0 Å². The van der Waals surface area contributed by atoms with Gasteiger partial charge in [0.2, 0.25) is 0 Å². The maximum atomic E-state index is 4.42. The van der Waals surface area contributed by atoms with Crippen molar-refractivity contribution >= 4 is 48.9 Å². The zero-order chi connectivity index (χ0) is 17.7. The number of aromatic nitrogens is 2. The van der Waals surface area contributed by atoms with Crippen molar-refractivity contribution in [3.05, 3.63) is 72.4 Å². The molecule has 0 saturated heterocycles. The van der Waals surface area contributed by atoms with E-state index >= 15 is 0 Å². The maximum Gasteiger partial charge on any atom is 0.0572 e. The zero-order valence-electron chi connectivity index (χ0n) is 14.7. The molecule has 0 unspecified atom stereocenters. The first kappa shape index (κ1) is 15.6. The molecule has 3 heterocycles. The molecule has 3 heteroatoms. The van der Waals surface area contributed by atoms with Crippen molar-refractivity contribution in [1.82, 2.24) is 9.55 Å². The molecule has 3 aromatic heterocycles. The molecule has 2 nitrogen and oxygen atoms in total. The first-order chi connectivity index (χ1) is 12.8. The second kappa shape index (κ2) is 5.96. The van der Waals surface area contributed by atoms with Crippen LogP contribution >= 0.6 is 11.3 Å². The predicted molar refractivity (Wildman–Crippen MR) is 114 cm³/mol. The van der Waals surface area contributed by atoms with Crippen molar-refractivity contribution in [3.8, 4) is 0 Å². The van der Waals surface area contributed by atoms with Crippen molar-refractivity contribution in [3.63, 3.8) is 0 Å². The number of rotatable bonds is 3. The van der Waals surface area contributed by atoms with Gasteiger partial charge in [0, 0.05) is 38.4 Å². The third-order valence-corrected chi connectivity index (χ3v) is 6.73. The van der Waals surface area contributed by atoms with Crippen LogP contribution in [-0.4, -0.2) is 9.55 Å². The van der Waals surface area contributed by atoms with Crippen LogP contribution in [0.5, 0.6) is 0 Å². The first-order valence-electron chi connectivity index (χ1n) is 9.10. The highest BCUT2D eigenvalue weighted by Gasteiger charge is 2.21. The summed E-state index contributed by atoms with van der Waals surface area (Å²) in [5.41, 5.74) is 4.99. The van der Waals surface area contributed by atoms with Crippen molar-refractivity contribution in [1.29, 1.82) is 0 Å². The number of allylic oxidation sites excluding steroid dienone is 4. The van der Waals surface area contributed by atoms with Crippen LogP contribution in [0.2, 0.25) is 0 Å². The first-order valence-corrected chi connectivity index (χ1v) is 9.92. The van der Waals surface area contributed by atoms with Crippen LogP contribution in [-0.2, 0) is 12.8 Å². The predicted octanol–water partition coefficient (Wildman–Crippen LogP) is 6.50. The Labute approximate surface area is 156 Å². The minimum absolute atomic E-state index is 1.03. The van der Waals surface area contributed by atoms with E-state index in [-0.39, 0.29) is 0 Å². The van der Waals surface area contributed by atoms with E-state index in [2.05, 4.69) is 40.9 Å². The molecule has 0 N–H and O–H groups in total. The lowest BCUT2D eigenvalue weighted by molar-refractivity contribution is 0.700. The largest absolute Gasteiger partial charge is 0.309 e. The molecule has 0 amide bonds. The quantitative estimate of drug-likeness (QED) is 0.383. The van der Waals surface area contributed by atoms with E-state index in [0.717, 1.165) is 5.70 Å². The standard InChI is InChI=1S/C23H20N2S/c1-3-7-15(4-2)25-19-12-13-24-14-18(19)22-20(25)11-10-17-16-8-5-6-9-21(16)26-23(17)22/h3-4,7,10-14H,1-2,5-6,8-9H2/b15-7+. The van der Waals surface area contributed by atoms with E-state index in [0.29, 0.717) is 0 Å². The lowest BCUT2D eigenvalue weighted by Crippen LogP contribution is -1.97. The van der Waals surface area contributed by atoms with Gasteiger partial charge in [-0.25, -0.2) is 0 Å². The molecule has 0 aliphatic heterocycles. The van der Waals surface area contributed by atoms with Crippen LogP contribution in [0, 0.1) is 0 Å². The normalized spacial score (nSPS) is 14.8. The third-order valence-electron chi connectivity index (χ3n) is 5.41. The van der Waals surface area contributed by atoms with Gasteiger partial charge in [-0.3, -0.25) is 4.98 Å². The highest BCUT2D eigenvalue weighted by molar-refractivity contribution is 7.20. The fraction of sp³-hybridized carbons (Fsp3) is 0.174. The van der Waals surface area contributed by atoms with E-state index < -0.39 is 0 Å². The second-order valence-electron chi connectivity index (χ2n) is 6.81. The Morgan fingerprint density at radius 1 is 1.08 bits per heavy atom. The molecule has 0 radical (unpaired) electrons. The van der Waals surface area contributed by atoms with Crippen LogP contribution in [0.3, 0.4) is 0 Å². The molecule has 1 aromatic carbocycles. The number of hydrogen-bond acceptors (Lipinski definition) is 2. The smallest absolute Gasteiger partial charge is 0.0572 e. The molecule has 4 aromatic rings. The van der Waals surface area contributed by atoms with Gasteiger partial charge in [0.15, 0.2) is 0 Å². The average molecular weight is 356 g/mol. The topological polar surface area (TPSA) is 17.8 Å². The summed E-state index contributed by atoms with van der Waals surface area (Å²) in [6.45, 7) is 7.88. The van der Waals surface area contributed by atoms with Crippen molar-refractivity contribution < 1.29 is 0 Å². The van der Waals surface area contributed by atoms with Crippen LogP contribution in [0.1, 0.15) is 23.3 Å². The highest BCUT2D eigenvalue weighted by Crippen LogP contribution is 2.43. The second-order valence-corrected chi connectivity index (χ2v) is 7.91. The summed E-state index contributed by atoms with van der Waals surface area (Å²) in [4.78, 5) is 6.00. The van der Waals surface area contributed by atoms with Gasteiger partial charge in [-0.2, -0.15) is 0 Å². The van der Waals surface area contributed by atoms with Crippen molar-refractivity contribution in [2.24, 2.45) is 0 Å². The van der Waals surface area contributed by atoms with Gasteiger partial charge in [-0.1, -0.05) is 25.3 Å². The average Bonchev–Trinajstić information content (AvgIpc) is 3.22.